The van der Waals surface area contributed by atoms with E-state index in [4.69, 9.17) is 0 Å². The highest BCUT2D eigenvalue weighted by molar-refractivity contribution is 5.32. The average molecular weight is 149 g/mol. The summed E-state index contributed by atoms with van der Waals surface area (Å²) in [5.41, 5.74) is 0. The Balaban J connectivity index is 2.16. The maximum atomic E-state index is 3.24. The van der Waals surface area contributed by atoms with Crippen molar-refractivity contribution in [2.75, 3.05) is 18.0 Å². The number of nitrogens with one attached hydrogen (secondary N) is 1. The molecule has 1 aliphatic rings. The van der Waals surface area contributed by atoms with Crippen LogP contribution in [0.3, 0.4) is 0 Å². The zero-order chi connectivity index (χ0) is 7.52. The highest BCUT2D eigenvalue weighted by Crippen LogP contribution is 2.13. The maximum Gasteiger partial charge on any atom is 0.274 e. The minimum Gasteiger partial charge on any atom is -0.262 e. The first-order valence-corrected chi connectivity index (χ1v) is 4.18. The van der Waals surface area contributed by atoms with Crippen molar-refractivity contribution in [1.82, 2.24) is 0 Å². The van der Waals surface area contributed by atoms with Crippen molar-refractivity contribution in [3.05, 3.63) is 24.4 Å². The molecule has 0 radical (unpaired) electrons. The number of anilines is 1. The molecule has 0 aromatic carbocycles. The van der Waals surface area contributed by atoms with Gasteiger partial charge >= 0.3 is 0 Å². The maximum absolute atomic E-state index is 3.24. The van der Waals surface area contributed by atoms with E-state index in [9.17, 15) is 0 Å². The molecule has 0 spiro atoms. The van der Waals surface area contributed by atoms with Gasteiger partial charge in [-0.05, 0) is 18.9 Å². The van der Waals surface area contributed by atoms with Gasteiger partial charge in [0, 0.05) is 6.07 Å². The van der Waals surface area contributed by atoms with Crippen molar-refractivity contribution in [2.45, 2.75) is 12.8 Å². The predicted octanol–water partition coefficient (Wildman–Crippen LogP) is 1.10. The third-order valence-electron chi connectivity index (χ3n) is 2.14. The Labute approximate surface area is 66.9 Å². The number of H-pyrrole nitrogens is 1. The van der Waals surface area contributed by atoms with E-state index in [2.05, 4.69) is 22.0 Å². The molecule has 0 saturated carbocycles. The fourth-order valence-electron chi connectivity index (χ4n) is 1.54. The Bertz CT molecular complexity index is 214. The number of pyridine rings is 1. The van der Waals surface area contributed by atoms with Crippen LogP contribution in [-0.4, -0.2) is 13.1 Å². The monoisotopic (exact) mass is 149 g/mol. The number of hydrogen-bond acceptors (Lipinski definition) is 1. The van der Waals surface area contributed by atoms with Crippen molar-refractivity contribution in [1.29, 1.82) is 0 Å². The second kappa shape index (κ2) is 2.91. The third kappa shape index (κ3) is 1.34. The standard InChI is InChI=1S/C9H12N2/c1-2-6-10-9(5-1)11-7-3-4-8-11/h1-2,5-6H,3-4,7-8H2/p+1. The summed E-state index contributed by atoms with van der Waals surface area (Å²) in [6, 6.07) is 6.22. The topological polar surface area (TPSA) is 17.4 Å². The van der Waals surface area contributed by atoms with Gasteiger partial charge in [0.2, 0.25) is 0 Å². The molecule has 1 aliphatic heterocycles. The van der Waals surface area contributed by atoms with E-state index in [1.165, 1.54) is 31.7 Å². The lowest BCUT2D eigenvalue weighted by Gasteiger charge is -2.06. The molecule has 1 N–H and O–H groups in total. The molecule has 58 valence electrons. The molecule has 1 aromatic rings. The Morgan fingerprint density at radius 3 is 2.64 bits per heavy atom. The van der Waals surface area contributed by atoms with Gasteiger partial charge in [-0.1, -0.05) is 6.07 Å². The fraction of sp³-hybridized carbons (Fsp3) is 0.444. The van der Waals surface area contributed by atoms with Crippen LogP contribution in [0.25, 0.3) is 0 Å². The fourth-order valence-corrected chi connectivity index (χ4v) is 1.54. The van der Waals surface area contributed by atoms with Gasteiger partial charge in [0.1, 0.15) is 0 Å². The van der Waals surface area contributed by atoms with Gasteiger partial charge in [0.15, 0.2) is 0 Å². The van der Waals surface area contributed by atoms with Gasteiger partial charge in [0.25, 0.3) is 5.82 Å². The molecule has 1 aromatic heterocycles. The largest absolute Gasteiger partial charge is 0.274 e. The number of aromatic nitrogens is 1. The molecule has 0 amide bonds. The summed E-state index contributed by atoms with van der Waals surface area (Å²) in [6.45, 7) is 2.42. The minimum atomic E-state index is 1.21. The molecule has 0 atom stereocenters. The Morgan fingerprint density at radius 1 is 1.18 bits per heavy atom. The molecular formula is C9H13N2+. The van der Waals surface area contributed by atoms with Gasteiger partial charge in [-0.2, -0.15) is 0 Å². The second-order valence-corrected chi connectivity index (χ2v) is 2.94. The molecule has 1 fully saturated rings. The number of rotatable bonds is 1. The first-order valence-electron chi connectivity index (χ1n) is 4.18. The van der Waals surface area contributed by atoms with Gasteiger partial charge in [-0.15, -0.1) is 0 Å². The summed E-state index contributed by atoms with van der Waals surface area (Å²) in [4.78, 5) is 5.63. The number of aromatic amines is 1. The summed E-state index contributed by atoms with van der Waals surface area (Å²) in [5.74, 6) is 1.25. The van der Waals surface area contributed by atoms with Crippen LogP contribution in [0.2, 0.25) is 0 Å². The van der Waals surface area contributed by atoms with E-state index in [-0.39, 0.29) is 0 Å². The van der Waals surface area contributed by atoms with E-state index >= 15 is 0 Å². The quantitative estimate of drug-likeness (QED) is 0.584. The lowest BCUT2D eigenvalue weighted by atomic mass is 10.4. The smallest absolute Gasteiger partial charge is 0.262 e. The molecule has 1 saturated heterocycles. The summed E-state index contributed by atoms with van der Waals surface area (Å²) in [6.07, 6.45) is 4.65. The van der Waals surface area contributed by atoms with Crippen molar-refractivity contribution in [2.24, 2.45) is 0 Å². The predicted molar refractivity (Wildman–Crippen MR) is 44.4 cm³/mol. The van der Waals surface area contributed by atoms with Crippen molar-refractivity contribution in [3.63, 3.8) is 0 Å². The van der Waals surface area contributed by atoms with Gasteiger partial charge in [0.05, 0.1) is 19.3 Å². The molecule has 2 nitrogen and oxygen atoms in total. The van der Waals surface area contributed by atoms with Crippen LogP contribution in [0.15, 0.2) is 24.4 Å². The summed E-state index contributed by atoms with van der Waals surface area (Å²) in [7, 11) is 0. The van der Waals surface area contributed by atoms with Crippen molar-refractivity contribution < 1.29 is 4.98 Å². The highest BCUT2D eigenvalue weighted by Gasteiger charge is 2.18. The molecule has 2 heteroatoms. The van der Waals surface area contributed by atoms with E-state index < -0.39 is 0 Å². The second-order valence-electron chi connectivity index (χ2n) is 2.94. The van der Waals surface area contributed by atoms with E-state index in [1.54, 1.807) is 0 Å². The molecule has 11 heavy (non-hydrogen) atoms. The van der Waals surface area contributed by atoms with Crippen LogP contribution < -0.4 is 9.88 Å². The lowest BCUT2D eigenvalue weighted by Crippen LogP contribution is -2.24. The zero-order valence-corrected chi connectivity index (χ0v) is 6.59. The van der Waals surface area contributed by atoms with E-state index in [0.29, 0.717) is 0 Å². The normalized spacial score (nSPS) is 17.3. The number of hydrogen-bond donors (Lipinski definition) is 0. The first-order chi connectivity index (χ1) is 5.47. The minimum absolute atomic E-state index is 1.21. The van der Waals surface area contributed by atoms with E-state index in [1.807, 2.05) is 12.3 Å². The van der Waals surface area contributed by atoms with Crippen LogP contribution >= 0.6 is 0 Å². The molecular weight excluding hydrogens is 136 g/mol. The molecule has 0 unspecified atom stereocenters. The van der Waals surface area contributed by atoms with E-state index in [0.717, 1.165) is 0 Å². The third-order valence-corrected chi connectivity index (χ3v) is 2.14. The number of nitrogens with zero attached hydrogens (tertiary/aromatic N) is 1. The Hall–Kier alpha value is -1.05. The van der Waals surface area contributed by atoms with Crippen molar-refractivity contribution >= 4 is 5.82 Å². The summed E-state index contributed by atoms with van der Waals surface area (Å²) in [5, 5.41) is 0. The summed E-state index contributed by atoms with van der Waals surface area (Å²) >= 11 is 0. The van der Waals surface area contributed by atoms with Crippen LogP contribution in [0.4, 0.5) is 5.82 Å². The van der Waals surface area contributed by atoms with Gasteiger partial charge < -0.3 is 0 Å². The zero-order valence-electron chi connectivity index (χ0n) is 6.59. The van der Waals surface area contributed by atoms with Crippen LogP contribution in [0, 0.1) is 0 Å². The molecule has 2 heterocycles. The van der Waals surface area contributed by atoms with Crippen LogP contribution in [0.1, 0.15) is 12.8 Å². The van der Waals surface area contributed by atoms with Crippen LogP contribution in [-0.2, 0) is 0 Å². The highest BCUT2D eigenvalue weighted by atomic mass is 15.2. The Kier molecular flexibility index (Phi) is 1.76. The molecule has 0 aliphatic carbocycles. The van der Waals surface area contributed by atoms with Crippen LogP contribution in [0.5, 0.6) is 0 Å². The SMILES string of the molecule is c1ccc(N2CCCC2)[nH+]c1. The van der Waals surface area contributed by atoms with Gasteiger partial charge in [-0.3, -0.25) is 4.90 Å². The van der Waals surface area contributed by atoms with Gasteiger partial charge in [-0.25, -0.2) is 4.98 Å². The Morgan fingerprint density at radius 2 is 2.00 bits per heavy atom. The average Bonchev–Trinajstić information content (AvgIpc) is 2.58. The lowest BCUT2D eigenvalue weighted by molar-refractivity contribution is -0.363. The molecule has 0 bridgehead atoms. The molecule has 2 rings (SSSR count). The summed E-state index contributed by atoms with van der Waals surface area (Å²) < 4.78 is 0. The first kappa shape index (κ1) is 6.65. The van der Waals surface area contributed by atoms with Crippen molar-refractivity contribution in [3.8, 4) is 0 Å².